The van der Waals surface area contributed by atoms with E-state index in [2.05, 4.69) is 17.6 Å². The molecule has 1 aromatic rings. The molecular weight excluding hydrogens is 292 g/mol. The molecule has 0 heterocycles. The molecule has 0 saturated carbocycles. The number of ether oxygens (including phenoxy) is 1. The Balaban J connectivity index is 2.37. The normalized spacial score (nSPS) is 11.0. The number of carbonyl (C=O) groups is 2. The minimum Gasteiger partial charge on any atom is -0.449 e. The van der Waals surface area contributed by atoms with Crippen LogP contribution in [0, 0.1) is 0 Å². The van der Waals surface area contributed by atoms with Gasteiger partial charge in [-0.1, -0.05) is 25.5 Å². The van der Waals surface area contributed by atoms with Crippen LogP contribution in [0.5, 0.6) is 0 Å². The lowest BCUT2D eigenvalue weighted by Gasteiger charge is -2.19. The molecule has 128 valence electrons. The van der Waals surface area contributed by atoms with E-state index in [1.165, 1.54) is 0 Å². The number of alkyl carbamates (subject to hydrolysis) is 1. The first kappa shape index (κ1) is 19.0. The minimum atomic E-state index is -0.413. The maximum atomic E-state index is 11.9. The summed E-state index contributed by atoms with van der Waals surface area (Å²) < 4.78 is 5.14. The number of hydrogen-bond donors (Lipinski definition) is 2. The Hall–Kier alpha value is -2.04. The third kappa shape index (κ3) is 8.24. The van der Waals surface area contributed by atoms with Crippen LogP contribution < -0.4 is 10.6 Å². The van der Waals surface area contributed by atoms with Gasteiger partial charge in [-0.05, 0) is 44.9 Å². The van der Waals surface area contributed by atoms with Gasteiger partial charge in [0, 0.05) is 24.1 Å². The first-order valence-electron chi connectivity index (χ1n) is 8.14. The Labute approximate surface area is 138 Å². The summed E-state index contributed by atoms with van der Waals surface area (Å²) in [5.41, 5.74) is 1.37. The standard InChI is InChI=1S/C18H28N2O3/c1-5-6-12-19-16(21)15-9-7-14(8-10-15)11-13-23-17(22)20-18(2,3)4/h7-10H,5-6,11-13H2,1-4H3,(H,19,21)(H,20,22). The van der Waals surface area contributed by atoms with Gasteiger partial charge in [-0.2, -0.15) is 0 Å². The van der Waals surface area contributed by atoms with Crippen LogP contribution in [0.15, 0.2) is 24.3 Å². The van der Waals surface area contributed by atoms with Gasteiger partial charge in [0.1, 0.15) is 0 Å². The number of unbranched alkanes of at least 4 members (excludes halogenated alkanes) is 1. The van der Waals surface area contributed by atoms with E-state index in [-0.39, 0.29) is 11.4 Å². The van der Waals surface area contributed by atoms with E-state index < -0.39 is 6.09 Å². The summed E-state index contributed by atoms with van der Waals surface area (Å²) >= 11 is 0. The molecule has 0 spiro atoms. The summed E-state index contributed by atoms with van der Waals surface area (Å²) in [6.07, 6.45) is 2.25. The Morgan fingerprint density at radius 2 is 1.78 bits per heavy atom. The van der Waals surface area contributed by atoms with Crippen LogP contribution in [0.4, 0.5) is 4.79 Å². The Bertz CT molecular complexity index is 504. The van der Waals surface area contributed by atoms with Crippen LogP contribution in [-0.2, 0) is 11.2 Å². The Morgan fingerprint density at radius 3 is 2.35 bits per heavy atom. The van der Waals surface area contributed by atoms with Crippen molar-refractivity contribution in [1.29, 1.82) is 0 Å². The van der Waals surface area contributed by atoms with Crippen molar-refractivity contribution in [1.82, 2.24) is 10.6 Å². The van der Waals surface area contributed by atoms with Crippen LogP contribution in [0.3, 0.4) is 0 Å². The summed E-state index contributed by atoms with van der Waals surface area (Å²) in [7, 11) is 0. The highest BCUT2D eigenvalue weighted by Crippen LogP contribution is 2.06. The molecule has 0 atom stereocenters. The number of amides is 2. The van der Waals surface area contributed by atoms with Crippen molar-refractivity contribution in [2.24, 2.45) is 0 Å². The van der Waals surface area contributed by atoms with E-state index in [4.69, 9.17) is 4.74 Å². The maximum absolute atomic E-state index is 11.9. The number of carbonyl (C=O) groups excluding carboxylic acids is 2. The first-order valence-corrected chi connectivity index (χ1v) is 8.14. The van der Waals surface area contributed by atoms with Gasteiger partial charge >= 0.3 is 6.09 Å². The molecule has 2 amide bonds. The second-order valence-corrected chi connectivity index (χ2v) is 6.57. The average molecular weight is 320 g/mol. The molecule has 5 heteroatoms. The third-order valence-corrected chi connectivity index (χ3v) is 3.13. The van der Waals surface area contributed by atoms with E-state index in [9.17, 15) is 9.59 Å². The lowest BCUT2D eigenvalue weighted by molar-refractivity contribution is 0.0953. The van der Waals surface area contributed by atoms with Crippen molar-refractivity contribution in [3.63, 3.8) is 0 Å². The van der Waals surface area contributed by atoms with Gasteiger partial charge in [0.15, 0.2) is 0 Å². The molecule has 0 saturated heterocycles. The molecule has 5 nitrogen and oxygen atoms in total. The topological polar surface area (TPSA) is 67.4 Å². The SMILES string of the molecule is CCCCNC(=O)c1ccc(CCOC(=O)NC(C)(C)C)cc1. The number of nitrogens with one attached hydrogen (secondary N) is 2. The molecule has 1 aromatic carbocycles. The van der Waals surface area contributed by atoms with E-state index in [0.29, 0.717) is 25.1 Å². The largest absolute Gasteiger partial charge is 0.449 e. The monoisotopic (exact) mass is 320 g/mol. The molecule has 0 aliphatic heterocycles. The highest BCUT2D eigenvalue weighted by atomic mass is 16.5. The van der Waals surface area contributed by atoms with Crippen LogP contribution >= 0.6 is 0 Å². The van der Waals surface area contributed by atoms with E-state index in [0.717, 1.165) is 18.4 Å². The molecule has 23 heavy (non-hydrogen) atoms. The summed E-state index contributed by atoms with van der Waals surface area (Å²) in [4.78, 5) is 23.4. The zero-order valence-corrected chi connectivity index (χ0v) is 14.6. The van der Waals surface area contributed by atoms with Crippen LogP contribution in [-0.4, -0.2) is 30.7 Å². The molecule has 0 aliphatic carbocycles. The zero-order valence-electron chi connectivity index (χ0n) is 14.6. The second kappa shape index (κ2) is 9.18. The second-order valence-electron chi connectivity index (χ2n) is 6.57. The summed E-state index contributed by atoms with van der Waals surface area (Å²) in [5.74, 6) is -0.0502. The van der Waals surface area contributed by atoms with Crippen molar-refractivity contribution in [2.75, 3.05) is 13.2 Å². The maximum Gasteiger partial charge on any atom is 0.407 e. The number of benzene rings is 1. The van der Waals surface area contributed by atoms with Crippen molar-refractivity contribution in [3.8, 4) is 0 Å². The molecule has 1 rings (SSSR count). The molecule has 0 unspecified atom stereocenters. The average Bonchev–Trinajstić information content (AvgIpc) is 2.46. The smallest absolute Gasteiger partial charge is 0.407 e. The van der Waals surface area contributed by atoms with Gasteiger partial charge in [-0.15, -0.1) is 0 Å². The van der Waals surface area contributed by atoms with Gasteiger partial charge < -0.3 is 15.4 Å². The Morgan fingerprint density at radius 1 is 1.13 bits per heavy atom. The summed E-state index contributed by atoms with van der Waals surface area (Å²) in [6.45, 7) is 8.80. The predicted octanol–water partition coefficient (Wildman–Crippen LogP) is 3.28. The first-order chi connectivity index (χ1) is 10.8. The molecule has 0 fully saturated rings. The predicted molar refractivity (Wildman–Crippen MR) is 91.6 cm³/mol. The molecule has 2 N–H and O–H groups in total. The summed E-state index contributed by atoms with van der Waals surface area (Å²) in [5, 5.41) is 5.62. The molecule has 0 radical (unpaired) electrons. The van der Waals surface area contributed by atoms with Crippen molar-refractivity contribution in [3.05, 3.63) is 35.4 Å². The molecule has 0 bridgehead atoms. The molecule has 0 aromatic heterocycles. The zero-order chi connectivity index (χ0) is 17.3. The number of rotatable bonds is 7. The fourth-order valence-electron chi connectivity index (χ4n) is 1.91. The number of hydrogen-bond acceptors (Lipinski definition) is 3. The van der Waals surface area contributed by atoms with Gasteiger partial charge in [-0.25, -0.2) is 4.79 Å². The minimum absolute atomic E-state index is 0.0502. The molecule has 0 aliphatic rings. The van der Waals surface area contributed by atoms with Crippen molar-refractivity contribution in [2.45, 2.75) is 52.5 Å². The fraction of sp³-hybridized carbons (Fsp3) is 0.556. The summed E-state index contributed by atoms with van der Waals surface area (Å²) in [6, 6.07) is 7.37. The Kier molecular flexibility index (Phi) is 7.59. The van der Waals surface area contributed by atoms with Gasteiger partial charge in [0.25, 0.3) is 5.91 Å². The van der Waals surface area contributed by atoms with Gasteiger partial charge in [0.2, 0.25) is 0 Å². The van der Waals surface area contributed by atoms with Crippen molar-refractivity contribution >= 4 is 12.0 Å². The lowest BCUT2D eigenvalue weighted by atomic mass is 10.1. The van der Waals surface area contributed by atoms with E-state index in [1.54, 1.807) is 12.1 Å². The van der Waals surface area contributed by atoms with Crippen LogP contribution in [0.2, 0.25) is 0 Å². The molecular formula is C18H28N2O3. The van der Waals surface area contributed by atoms with Gasteiger partial charge in [-0.3, -0.25) is 4.79 Å². The van der Waals surface area contributed by atoms with E-state index >= 15 is 0 Å². The third-order valence-electron chi connectivity index (χ3n) is 3.13. The van der Waals surface area contributed by atoms with Gasteiger partial charge in [0.05, 0.1) is 6.61 Å². The van der Waals surface area contributed by atoms with E-state index in [1.807, 2.05) is 32.9 Å². The lowest BCUT2D eigenvalue weighted by Crippen LogP contribution is -2.41. The fourth-order valence-corrected chi connectivity index (χ4v) is 1.91. The van der Waals surface area contributed by atoms with Crippen LogP contribution in [0.1, 0.15) is 56.5 Å². The van der Waals surface area contributed by atoms with Crippen LogP contribution in [0.25, 0.3) is 0 Å². The highest BCUT2D eigenvalue weighted by molar-refractivity contribution is 5.94. The van der Waals surface area contributed by atoms with Crippen molar-refractivity contribution < 1.29 is 14.3 Å². The highest BCUT2D eigenvalue weighted by Gasteiger charge is 2.14. The quantitative estimate of drug-likeness (QED) is 0.758.